The van der Waals surface area contributed by atoms with Gasteiger partial charge in [-0.15, -0.1) is 0 Å². The fourth-order valence-electron chi connectivity index (χ4n) is 2.86. The van der Waals surface area contributed by atoms with Gasteiger partial charge in [-0.2, -0.15) is 0 Å². The number of aromatic hydroxyl groups is 1. The molecule has 0 aliphatic carbocycles. The van der Waals surface area contributed by atoms with Crippen molar-refractivity contribution >= 4 is 0 Å². The lowest BCUT2D eigenvalue weighted by Gasteiger charge is -2.25. The third-order valence-corrected chi connectivity index (χ3v) is 3.92. The van der Waals surface area contributed by atoms with Gasteiger partial charge in [-0.1, -0.05) is 6.42 Å². The van der Waals surface area contributed by atoms with Crippen molar-refractivity contribution in [1.82, 2.24) is 5.32 Å². The molecule has 1 aromatic rings. The van der Waals surface area contributed by atoms with Crippen molar-refractivity contribution < 1.29 is 19.0 Å². The van der Waals surface area contributed by atoms with Gasteiger partial charge < -0.3 is 19.9 Å². The second-order valence-electron chi connectivity index (χ2n) is 5.41. The zero-order valence-corrected chi connectivity index (χ0v) is 11.5. The molecule has 3 rings (SSSR count). The van der Waals surface area contributed by atoms with Gasteiger partial charge in [0.05, 0.1) is 13.2 Å². The van der Waals surface area contributed by atoms with Crippen LogP contribution in [0.1, 0.15) is 31.2 Å². The SMILES string of the molecule is Oc1c(F)cc2c(c1CC1CCCCN1)OCCCO2. The summed E-state index contributed by atoms with van der Waals surface area (Å²) in [5, 5.41) is 13.4. The third-order valence-electron chi connectivity index (χ3n) is 3.92. The Morgan fingerprint density at radius 2 is 2.10 bits per heavy atom. The maximum atomic E-state index is 13.8. The zero-order valence-electron chi connectivity index (χ0n) is 11.5. The van der Waals surface area contributed by atoms with Crippen molar-refractivity contribution in [2.24, 2.45) is 0 Å². The molecule has 110 valence electrons. The highest BCUT2D eigenvalue weighted by Gasteiger charge is 2.25. The molecule has 1 saturated heterocycles. The summed E-state index contributed by atoms with van der Waals surface area (Å²) in [7, 11) is 0. The van der Waals surface area contributed by atoms with Crippen molar-refractivity contribution in [2.75, 3.05) is 19.8 Å². The highest BCUT2D eigenvalue weighted by Crippen LogP contribution is 2.41. The topological polar surface area (TPSA) is 50.7 Å². The molecule has 0 bridgehead atoms. The van der Waals surface area contributed by atoms with E-state index in [9.17, 15) is 9.50 Å². The lowest BCUT2D eigenvalue weighted by atomic mass is 9.96. The first kappa shape index (κ1) is 13.5. The van der Waals surface area contributed by atoms with E-state index in [4.69, 9.17) is 9.47 Å². The number of hydrogen-bond donors (Lipinski definition) is 2. The first-order valence-corrected chi connectivity index (χ1v) is 7.29. The van der Waals surface area contributed by atoms with Gasteiger partial charge in [0, 0.05) is 24.1 Å². The van der Waals surface area contributed by atoms with Crippen LogP contribution in [0.3, 0.4) is 0 Å². The first-order valence-electron chi connectivity index (χ1n) is 7.29. The normalized spacial score (nSPS) is 22.4. The summed E-state index contributed by atoms with van der Waals surface area (Å²) in [5.41, 5.74) is 0.529. The quantitative estimate of drug-likeness (QED) is 0.874. The Hall–Kier alpha value is -1.49. The zero-order chi connectivity index (χ0) is 13.9. The molecule has 0 spiro atoms. The monoisotopic (exact) mass is 281 g/mol. The third kappa shape index (κ3) is 2.68. The summed E-state index contributed by atoms with van der Waals surface area (Å²) >= 11 is 0. The average Bonchev–Trinajstić information content (AvgIpc) is 2.70. The number of piperidine rings is 1. The second kappa shape index (κ2) is 5.87. The summed E-state index contributed by atoms with van der Waals surface area (Å²) in [6.45, 7) is 2.02. The smallest absolute Gasteiger partial charge is 0.169 e. The largest absolute Gasteiger partial charge is 0.505 e. The van der Waals surface area contributed by atoms with E-state index in [0.29, 0.717) is 36.7 Å². The fourth-order valence-corrected chi connectivity index (χ4v) is 2.86. The average molecular weight is 281 g/mol. The minimum absolute atomic E-state index is 0.257. The second-order valence-corrected chi connectivity index (χ2v) is 5.41. The molecule has 0 amide bonds. The Bertz CT molecular complexity index is 486. The molecule has 5 heteroatoms. The molecule has 0 radical (unpaired) electrons. The molecule has 0 aromatic heterocycles. The summed E-state index contributed by atoms with van der Waals surface area (Å²) in [5.74, 6) is -0.0286. The van der Waals surface area contributed by atoms with Gasteiger partial charge in [0.2, 0.25) is 0 Å². The highest BCUT2D eigenvalue weighted by atomic mass is 19.1. The van der Waals surface area contributed by atoms with Gasteiger partial charge in [0.1, 0.15) is 0 Å². The number of phenols is 1. The summed E-state index contributed by atoms with van der Waals surface area (Å²) in [6, 6.07) is 1.47. The van der Waals surface area contributed by atoms with Gasteiger partial charge in [-0.3, -0.25) is 0 Å². The summed E-state index contributed by atoms with van der Waals surface area (Å²) in [6.07, 6.45) is 4.69. The van der Waals surface area contributed by atoms with Crippen LogP contribution in [-0.2, 0) is 6.42 Å². The van der Waals surface area contributed by atoms with Crippen molar-refractivity contribution in [2.45, 2.75) is 38.1 Å². The van der Waals surface area contributed by atoms with Crippen molar-refractivity contribution in [1.29, 1.82) is 0 Å². The number of benzene rings is 1. The van der Waals surface area contributed by atoms with E-state index in [0.717, 1.165) is 25.8 Å². The van der Waals surface area contributed by atoms with Gasteiger partial charge in [0.25, 0.3) is 0 Å². The Kier molecular flexibility index (Phi) is 3.96. The number of rotatable bonds is 2. The van der Waals surface area contributed by atoms with Gasteiger partial charge in [-0.05, 0) is 25.8 Å². The number of halogens is 1. The van der Waals surface area contributed by atoms with Crippen LogP contribution in [0, 0.1) is 5.82 Å². The predicted molar refractivity (Wildman–Crippen MR) is 73.0 cm³/mol. The van der Waals surface area contributed by atoms with E-state index in [1.54, 1.807) is 0 Å². The van der Waals surface area contributed by atoms with E-state index in [2.05, 4.69) is 5.32 Å². The molecule has 0 saturated carbocycles. The van der Waals surface area contributed by atoms with E-state index < -0.39 is 5.82 Å². The number of fused-ring (bicyclic) bond motifs is 1. The molecule has 2 N–H and O–H groups in total. The van der Waals surface area contributed by atoms with E-state index >= 15 is 0 Å². The number of hydrogen-bond acceptors (Lipinski definition) is 4. The molecular weight excluding hydrogens is 261 g/mol. The summed E-state index contributed by atoms with van der Waals surface area (Å²) < 4.78 is 25.0. The maximum absolute atomic E-state index is 13.8. The highest BCUT2D eigenvalue weighted by molar-refractivity contribution is 5.54. The van der Waals surface area contributed by atoms with Gasteiger partial charge in [-0.25, -0.2) is 4.39 Å². The van der Waals surface area contributed by atoms with E-state index in [1.807, 2.05) is 0 Å². The minimum Gasteiger partial charge on any atom is -0.505 e. The number of nitrogens with one attached hydrogen (secondary N) is 1. The fraction of sp³-hybridized carbons (Fsp3) is 0.600. The first-order chi connectivity index (χ1) is 9.75. The van der Waals surface area contributed by atoms with Crippen LogP contribution in [0.25, 0.3) is 0 Å². The van der Waals surface area contributed by atoms with E-state index in [-0.39, 0.29) is 11.8 Å². The molecule has 20 heavy (non-hydrogen) atoms. The van der Waals surface area contributed by atoms with Crippen molar-refractivity contribution in [3.05, 3.63) is 17.4 Å². The Morgan fingerprint density at radius 1 is 1.25 bits per heavy atom. The van der Waals surface area contributed by atoms with E-state index in [1.165, 1.54) is 12.5 Å². The van der Waals surface area contributed by atoms with Crippen molar-refractivity contribution in [3.8, 4) is 17.2 Å². The lowest BCUT2D eigenvalue weighted by Crippen LogP contribution is -2.35. The molecule has 4 nitrogen and oxygen atoms in total. The molecule has 1 aromatic carbocycles. The molecule has 1 fully saturated rings. The van der Waals surface area contributed by atoms with Gasteiger partial charge >= 0.3 is 0 Å². The van der Waals surface area contributed by atoms with Gasteiger partial charge in [0.15, 0.2) is 23.1 Å². The lowest BCUT2D eigenvalue weighted by molar-refractivity contribution is 0.294. The molecule has 1 atom stereocenters. The molecule has 2 aliphatic rings. The minimum atomic E-state index is -0.639. The van der Waals surface area contributed by atoms with Crippen LogP contribution < -0.4 is 14.8 Å². The van der Waals surface area contributed by atoms with Crippen LogP contribution in [-0.4, -0.2) is 30.9 Å². The van der Waals surface area contributed by atoms with Crippen LogP contribution in [0.5, 0.6) is 17.2 Å². The maximum Gasteiger partial charge on any atom is 0.169 e. The molecule has 2 heterocycles. The molecule has 2 aliphatic heterocycles. The van der Waals surface area contributed by atoms with Crippen LogP contribution in [0.15, 0.2) is 6.07 Å². The standard InChI is InChI=1S/C15H20FNO3/c16-12-9-13-15(20-7-3-6-19-13)11(14(12)18)8-10-4-1-2-5-17-10/h9-10,17-18H,1-8H2. The van der Waals surface area contributed by atoms with Crippen molar-refractivity contribution in [3.63, 3.8) is 0 Å². The number of phenolic OH excluding ortho intramolecular Hbond substituents is 1. The van der Waals surface area contributed by atoms with Crippen LogP contribution in [0.2, 0.25) is 0 Å². The Labute approximate surface area is 117 Å². The summed E-state index contributed by atoms with van der Waals surface area (Å²) in [4.78, 5) is 0. The molecule has 1 unspecified atom stereocenters. The Balaban J connectivity index is 1.92. The Morgan fingerprint density at radius 3 is 2.90 bits per heavy atom. The number of ether oxygens (including phenoxy) is 2. The predicted octanol–water partition coefficient (Wildman–Crippen LogP) is 2.38. The molecular formula is C15H20FNO3. The van der Waals surface area contributed by atoms with Crippen LogP contribution in [0.4, 0.5) is 4.39 Å². The van der Waals surface area contributed by atoms with Crippen LogP contribution >= 0.6 is 0 Å².